The SMILES string of the molecule is C=CCCC(=O)NC[C@H](C)OC(=O)[C@@H]1[C@H]2C(=O)N([C@H](CO)c3ccccc3)[C@H](C(=O)N(CC=C)CCCCC)[C@]23CC[C@H]1O3. The fourth-order valence-electron chi connectivity index (χ4n) is 7.07. The van der Waals surface area contributed by atoms with Crippen molar-refractivity contribution >= 4 is 23.7 Å². The highest BCUT2D eigenvalue weighted by Crippen LogP contribution is 2.60. The van der Waals surface area contributed by atoms with E-state index in [2.05, 4.69) is 25.4 Å². The Kier molecular flexibility index (Phi) is 11.4. The number of carbonyl (C=O) groups excluding carboxylic acids is 4. The van der Waals surface area contributed by atoms with Crippen LogP contribution in [0.15, 0.2) is 55.6 Å². The summed E-state index contributed by atoms with van der Waals surface area (Å²) in [6.07, 6.45) is 6.64. The molecule has 2 N–H and O–H groups in total. The number of ether oxygens (including phenoxy) is 2. The van der Waals surface area contributed by atoms with Crippen LogP contribution in [-0.4, -0.2) is 88.7 Å². The van der Waals surface area contributed by atoms with E-state index in [-0.39, 0.29) is 18.4 Å². The molecule has 3 aliphatic rings. The summed E-state index contributed by atoms with van der Waals surface area (Å²) < 4.78 is 12.3. The van der Waals surface area contributed by atoms with E-state index in [9.17, 15) is 24.3 Å². The minimum atomic E-state index is -1.23. The Morgan fingerprint density at radius 3 is 2.64 bits per heavy atom. The summed E-state index contributed by atoms with van der Waals surface area (Å²) in [6, 6.07) is 7.30. The molecule has 10 nitrogen and oxygen atoms in total. The molecule has 0 aliphatic carbocycles. The van der Waals surface area contributed by atoms with E-state index in [0.29, 0.717) is 44.3 Å². The Morgan fingerprint density at radius 1 is 1.23 bits per heavy atom. The number of allylic oxidation sites excluding steroid dienone is 1. The maximum Gasteiger partial charge on any atom is 0.312 e. The minimum absolute atomic E-state index is 0.131. The number of aliphatic hydroxyl groups is 1. The van der Waals surface area contributed by atoms with Crippen LogP contribution in [-0.2, 0) is 28.7 Å². The lowest BCUT2D eigenvalue weighted by molar-refractivity contribution is -0.160. The van der Waals surface area contributed by atoms with Crippen LogP contribution in [0.2, 0.25) is 0 Å². The molecule has 0 unspecified atom stereocenters. The fraction of sp³-hybridized carbons (Fsp3) is 0.588. The zero-order valence-electron chi connectivity index (χ0n) is 26.0. The second-order valence-electron chi connectivity index (χ2n) is 12.1. The summed E-state index contributed by atoms with van der Waals surface area (Å²) in [7, 11) is 0. The number of hydrogen-bond acceptors (Lipinski definition) is 7. The van der Waals surface area contributed by atoms with Crippen molar-refractivity contribution in [1.82, 2.24) is 15.1 Å². The van der Waals surface area contributed by atoms with Crippen LogP contribution in [0.1, 0.15) is 70.4 Å². The first-order valence-corrected chi connectivity index (χ1v) is 15.9. The lowest BCUT2D eigenvalue weighted by Crippen LogP contribution is -2.57. The summed E-state index contributed by atoms with van der Waals surface area (Å²) in [5, 5.41) is 13.4. The van der Waals surface area contributed by atoms with E-state index in [1.54, 1.807) is 24.0 Å². The number of nitrogens with zero attached hydrogens (tertiary/aromatic N) is 2. The number of esters is 1. The number of amides is 3. The predicted molar refractivity (Wildman–Crippen MR) is 165 cm³/mol. The summed E-state index contributed by atoms with van der Waals surface area (Å²) in [4.78, 5) is 57.9. The van der Waals surface area contributed by atoms with Gasteiger partial charge in [-0.3, -0.25) is 19.2 Å². The molecule has 0 aromatic heterocycles. The first-order chi connectivity index (χ1) is 21.2. The summed E-state index contributed by atoms with van der Waals surface area (Å²) in [6.45, 7) is 11.8. The third kappa shape index (κ3) is 6.61. The van der Waals surface area contributed by atoms with Crippen molar-refractivity contribution in [1.29, 1.82) is 0 Å². The van der Waals surface area contributed by atoms with Gasteiger partial charge in [-0.15, -0.1) is 13.2 Å². The first-order valence-electron chi connectivity index (χ1n) is 15.9. The van der Waals surface area contributed by atoms with Gasteiger partial charge in [0.1, 0.15) is 17.7 Å². The van der Waals surface area contributed by atoms with Crippen LogP contribution in [0.4, 0.5) is 0 Å². The normalized spacial score (nSPS) is 26.5. The molecule has 240 valence electrons. The van der Waals surface area contributed by atoms with Crippen molar-refractivity contribution < 1.29 is 33.8 Å². The first kappa shape index (κ1) is 33.4. The molecule has 3 aliphatic heterocycles. The number of fused-ring (bicyclic) bond motifs is 1. The van der Waals surface area contributed by atoms with E-state index in [1.165, 1.54) is 4.90 Å². The molecule has 1 aromatic rings. The van der Waals surface area contributed by atoms with Gasteiger partial charge in [0.25, 0.3) is 0 Å². The number of carbonyl (C=O) groups is 4. The molecule has 4 rings (SSSR count). The van der Waals surface area contributed by atoms with Crippen molar-refractivity contribution in [3.05, 3.63) is 61.2 Å². The highest BCUT2D eigenvalue weighted by Gasteiger charge is 2.75. The Hall–Kier alpha value is -3.50. The molecule has 0 saturated carbocycles. The van der Waals surface area contributed by atoms with Crippen LogP contribution < -0.4 is 5.32 Å². The molecule has 7 atom stereocenters. The summed E-state index contributed by atoms with van der Waals surface area (Å²) in [5.74, 6) is -3.25. The van der Waals surface area contributed by atoms with Gasteiger partial charge in [0, 0.05) is 19.5 Å². The van der Waals surface area contributed by atoms with Crippen molar-refractivity contribution in [3.63, 3.8) is 0 Å². The molecule has 1 spiro atoms. The number of benzene rings is 1. The van der Waals surface area contributed by atoms with Crippen LogP contribution in [0.5, 0.6) is 0 Å². The molecule has 0 radical (unpaired) electrons. The average Bonchev–Trinajstić information content (AvgIpc) is 3.67. The highest BCUT2D eigenvalue weighted by molar-refractivity contribution is 5.98. The maximum absolute atomic E-state index is 14.5. The standard InChI is InChI=1S/C34H47N3O7/c1-5-8-13-20-36(19-7-3)32(41)30-34-18-17-26(44-34)28(33(42)43-23(4)21-35-27(39)16-9-6-2)29(34)31(40)37(30)25(22-38)24-14-11-10-12-15-24/h6-7,10-12,14-15,23,25-26,28-30,38H,2-3,5,8-9,13,16-22H2,1,4H3,(H,35,39)/t23-,25+,26+,28-,29-,30+,34-/m0/s1. The molecular formula is C34H47N3O7. The Bertz CT molecular complexity index is 1210. The van der Waals surface area contributed by atoms with Crippen molar-refractivity contribution in [2.75, 3.05) is 26.2 Å². The number of aliphatic hydroxyl groups excluding tert-OH is 1. The molecule has 44 heavy (non-hydrogen) atoms. The number of hydrogen-bond donors (Lipinski definition) is 2. The van der Waals surface area contributed by atoms with E-state index in [4.69, 9.17) is 9.47 Å². The third-order valence-electron chi connectivity index (χ3n) is 9.11. The quantitative estimate of drug-likeness (QED) is 0.158. The van der Waals surface area contributed by atoms with Gasteiger partial charge in [0.15, 0.2) is 0 Å². The van der Waals surface area contributed by atoms with Crippen LogP contribution in [0.3, 0.4) is 0 Å². The number of likely N-dealkylation sites (tertiary alicyclic amines) is 1. The number of rotatable bonds is 17. The van der Waals surface area contributed by atoms with Gasteiger partial charge in [-0.2, -0.15) is 0 Å². The molecule has 3 amide bonds. The average molecular weight is 610 g/mol. The lowest BCUT2D eigenvalue weighted by atomic mass is 9.70. The van der Waals surface area contributed by atoms with Crippen molar-refractivity contribution in [2.45, 2.75) is 88.7 Å². The molecule has 3 saturated heterocycles. The maximum atomic E-state index is 14.5. The Balaban J connectivity index is 1.65. The van der Waals surface area contributed by atoms with Gasteiger partial charge < -0.3 is 29.7 Å². The van der Waals surface area contributed by atoms with Gasteiger partial charge in [-0.25, -0.2) is 0 Å². The largest absolute Gasteiger partial charge is 0.460 e. The van der Waals surface area contributed by atoms with Crippen LogP contribution >= 0.6 is 0 Å². The van der Waals surface area contributed by atoms with E-state index in [1.807, 2.05) is 30.3 Å². The molecule has 3 heterocycles. The third-order valence-corrected chi connectivity index (χ3v) is 9.11. The number of unbranched alkanes of at least 4 members (excludes halogenated alkanes) is 2. The lowest BCUT2D eigenvalue weighted by Gasteiger charge is -2.39. The monoisotopic (exact) mass is 609 g/mol. The van der Waals surface area contributed by atoms with Gasteiger partial charge in [0.2, 0.25) is 17.7 Å². The molecule has 10 heteroatoms. The van der Waals surface area contributed by atoms with Gasteiger partial charge >= 0.3 is 5.97 Å². The summed E-state index contributed by atoms with van der Waals surface area (Å²) in [5.41, 5.74) is -0.537. The van der Waals surface area contributed by atoms with Crippen LogP contribution in [0.25, 0.3) is 0 Å². The van der Waals surface area contributed by atoms with Crippen LogP contribution in [0, 0.1) is 11.8 Å². The summed E-state index contributed by atoms with van der Waals surface area (Å²) >= 11 is 0. The van der Waals surface area contributed by atoms with Gasteiger partial charge in [0.05, 0.1) is 37.1 Å². The minimum Gasteiger partial charge on any atom is -0.460 e. The second-order valence-corrected chi connectivity index (χ2v) is 12.1. The van der Waals surface area contributed by atoms with E-state index >= 15 is 0 Å². The van der Waals surface area contributed by atoms with Crippen molar-refractivity contribution in [3.8, 4) is 0 Å². The molecule has 2 bridgehead atoms. The van der Waals surface area contributed by atoms with Gasteiger partial charge in [-0.05, 0) is 38.2 Å². The Labute approximate surface area is 260 Å². The zero-order valence-corrected chi connectivity index (χ0v) is 26.0. The highest BCUT2D eigenvalue weighted by atomic mass is 16.6. The topological polar surface area (TPSA) is 125 Å². The van der Waals surface area contributed by atoms with E-state index < -0.39 is 60.2 Å². The predicted octanol–water partition coefficient (Wildman–Crippen LogP) is 3.31. The van der Waals surface area contributed by atoms with E-state index in [0.717, 1.165) is 19.3 Å². The van der Waals surface area contributed by atoms with Gasteiger partial charge in [-0.1, -0.05) is 62.2 Å². The smallest absolute Gasteiger partial charge is 0.312 e. The Morgan fingerprint density at radius 2 is 1.98 bits per heavy atom. The van der Waals surface area contributed by atoms with Crippen molar-refractivity contribution in [2.24, 2.45) is 11.8 Å². The second kappa shape index (κ2) is 15.0. The fourth-order valence-corrected chi connectivity index (χ4v) is 7.07. The molecule has 3 fully saturated rings. The number of nitrogens with one attached hydrogen (secondary N) is 1. The molecule has 1 aromatic carbocycles. The zero-order chi connectivity index (χ0) is 31.9. The molecular weight excluding hydrogens is 562 g/mol.